The van der Waals surface area contributed by atoms with Crippen LogP contribution in [0.4, 0.5) is 10.1 Å². The van der Waals surface area contributed by atoms with Gasteiger partial charge in [-0.05, 0) is 36.4 Å². The zero-order chi connectivity index (χ0) is 15.4. The standard InChI is InChI=1S/C16H11FN2O3/c17-12-1-4-14(5-2-12)22-15-6-3-13(9-18-15)19-16(20)11-7-8-21-10-11/h1-10H,(H,19,20). The highest BCUT2D eigenvalue weighted by molar-refractivity contribution is 6.03. The van der Waals surface area contributed by atoms with E-state index in [-0.39, 0.29) is 11.7 Å². The second kappa shape index (κ2) is 6.09. The first-order chi connectivity index (χ1) is 10.7. The molecule has 0 fully saturated rings. The topological polar surface area (TPSA) is 64.4 Å². The van der Waals surface area contributed by atoms with Crippen LogP contribution in [-0.2, 0) is 0 Å². The molecule has 1 N–H and O–H groups in total. The van der Waals surface area contributed by atoms with Crippen molar-refractivity contribution in [1.82, 2.24) is 4.98 Å². The summed E-state index contributed by atoms with van der Waals surface area (Å²) in [5.74, 6) is 0.192. The first-order valence-corrected chi connectivity index (χ1v) is 6.44. The van der Waals surface area contributed by atoms with Crippen molar-refractivity contribution in [2.45, 2.75) is 0 Å². The van der Waals surface area contributed by atoms with Crippen molar-refractivity contribution in [2.75, 3.05) is 5.32 Å². The number of aromatic nitrogens is 1. The maximum absolute atomic E-state index is 12.8. The Labute approximate surface area is 125 Å². The number of hydrogen-bond donors (Lipinski definition) is 1. The van der Waals surface area contributed by atoms with Crippen molar-refractivity contribution in [3.05, 3.63) is 72.6 Å². The van der Waals surface area contributed by atoms with Crippen molar-refractivity contribution < 1.29 is 18.3 Å². The van der Waals surface area contributed by atoms with Crippen LogP contribution in [0.5, 0.6) is 11.6 Å². The van der Waals surface area contributed by atoms with Gasteiger partial charge in [0.25, 0.3) is 5.91 Å². The molecule has 0 bridgehead atoms. The molecular formula is C16H11FN2O3. The van der Waals surface area contributed by atoms with Gasteiger partial charge in [0, 0.05) is 6.07 Å². The quantitative estimate of drug-likeness (QED) is 0.794. The molecule has 6 heteroatoms. The molecule has 0 atom stereocenters. The molecule has 0 aliphatic heterocycles. The van der Waals surface area contributed by atoms with Crippen molar-refractivity contribution >= 4 is 11.6 Å². The van der Waals surface area contributed by atoms with Crippen LogP contribution in [0.2, 0.25) is 0 Å². The molecule has 3 aromatic rings. The summed E-state index contributed by atoms with van der Waals surface area (Å²) in [6, 6.07) is 10.4. The van der Waals surface area contributed by atoms with Gasteiger partial charge in [-0.1, -0.05) is 0 Å². The van der Waals surface area contributed by atoms with Crippen LogP contribution in [0.3, 0.4) is 0 Å². The lowest BCUT2D eigenvalue weighted by Gasteiger charge is -2.06. The van der Waals surface area contributed by atoms with Gasteiger partial charge in [0.1, 0.15) is 17.8 Å². The van der Waals surface area contributed by atoms with Gasteiger partial charge in [0.2, 0.25) is 5.88 Å². The third-order valence-electron chi connectivity index (χ3n) is 2.81. The Kier molecular flexibility index (Phi) is 3.82. The molecule has 22 heavy (non-hydrogen) atoms. The summed E-state index contributed by atoms with van der Waals surface area (Å²) >= 11 is 0. The van der Waals surface area contributed by atoms with E-state index >= 15 is 0 Å². The van der Waals surface area contributed by atoms with Crippen LogP contribution in [0.15, 0.2) is 65.6 Å². The number of rotatable bonds is 4. The third kappa shape index (κ3) is 3.29. The molecule has 1 amide bonds. The maximum Gasteiger partial charge on any atom is 0.258 e. The Morgan fingerprint density at radius 1 is 1.14 bits per heavy atom. The van der Waals surface area contributed by atoms with E-state index in [0.717, 1.165) is 0 Å². The second-order valence-corrected chi connectivity index (χ2v) is 4.41. The molecule has 3 rings (SSSR count). The van der Waals surface area contributed by atoms with E-state index in [0.29, 0.717) is 22.9 Å². The van der Waals surface area contributed by atoms with E-state index in [1.54, 1.807) is 18.2 Å². The number of halogens is 1. The van der Waals surface area contributed by atoms with E-state index in [1.165, 1.54) is 43.0 Å². The molecule has 0 aliphatic rings. The van der Waals surface area contributed by atoms with Gasteiger partial charge in [0.05, 0.1) is 23.7 Å². The Balaban J connectivity index is 1.65. The first-order valence-electron chi connectivity index (χ1n) is 6.44. The minimum absolute atomic E-state index is 0.289. The highest BCUT2D eigenvalue weighted by Gasteiger charge is 2.07. The Morgan fingerprint density at radius 2 is 1.95 bits per heavy atom. The van der Waals surface area contributed by atoms with Crippen LogP contribution in [0.25, 0.3) is 0 Å². The average molecular weight is 298 g/mol. The number of nitrogens with zero attached hydrogens (tertiary/aromatic N) is 1. The summed E-state index contributed by atoms with van der Waals surface area (Å²) < 4.78 is 23.1. The van der Waals surface area contributed by atoms with E-state index in [9.17, 15) is 9.18 Å². The average Bonchev–Trinajstić information content (AvgIpc) is 3.06. The molecule has 110 valence electrons. The fourth-order valence-electron chi connectivity index (χ4n) is 1.73. The van der Waals surface area contributed by atoms with Gasteiger partial charge in [0.15, 0.2) is 0 Å². The van der Waals surface area contributed by atoms with Crippen LogP contribution in [0, 0.1) is 5.82 Å². The second-order valence-electron chi connectivity index (χ2n) is 4.41. The van der Waals surface area contributed by atoms with Crippen LogP contribution in [0.1, 0.15) is 10.4 Å². The fraction of sp³-hybridized carbons (Fsp3) is 0. The SMILES string of the molecule is O=C(Nc1ccc(Oc2ccc(F)cc2)nc1)c1ccoc1. The number of anilines is 1. The molecule has 0 radical (unpaired) electrons. The summed E-state index contributed by atoms with van der Waals surface area (Å²) in [7, 11) is 0. The van der Waals surface area contributed by atoms with Gasteiger partial charge in [-0.3, -0.25) is 4.79 Å². The molecular weight excluding hydrogens is 287 g/mol. The summed E-state index contributed by atoms with van der Waals surface area (Å²) in [6.07, 6.45) is 4.25. The summed E-state index contributed by atoms with van der Waals surface area (Å²) in [5.41, 5.74) is 0.948. The normalized spacial score (nSPS) is 10.2. The van der Waals surface area contributed by atoms with Gasteiger partial charge in [-0.2, -0.15) is 0 Å². The van der Waals surface area contributed by atoms with E-state index in [4.69, 9.17) is 9.15 Å². The van der Waals surface area contributed by atoms with Crippen LogP contribution >= 0.6 is 0 Å². The molecule has 1 aromatic carbocycles. The van der Waals surface area contributed by atoms with E-state index in [2.05, 4.69) is 10.3 Å². The van der Waals surface area contributed by atoms with Gasteiger partial charge >= 0.3 is 0 Å². The minimum Gasteiger partial charge on any atom is -0.472 e. The van der Waals surface area contributed by atoms with Gasteiger partial charge in [-0.15, -0.1) is 0 Å². The zero-order valence-electron chi connectivity index (χ0n) is 11.3. The molecule has 0 unspecified atom stereocenters. The lowest BCUT2D eigenvalue weighted by molar-refractivity contribution is 0.102. The predicted molar refractivity (Wildman–Crippen MR) is 77.4 cm³/mol. The summed E-state index contributed by atoms with van der Waals surface area (Å²) in [5, 5.41) is 2.68. The van der Waals surface area contributed by atoms with E-state index < -0.39 is 0 Å². The largest absolute Gasteiger partial charge is 0.472 e. The smallest absolute Gasteiger partial charge is 0.258 e. The number of nitrogens with one attached hydrogen (secondary N) is 1. The molecule has 2 heterocycles. The third-order valence-corrected chi connectivity index (χ3v) is 2.81. The molecule has 0 spiro atoms. The monoisotopic (exact) mass is 298 g/mol. The van der Waals surface area contributed by atoms with Crippen molar-refractivity contribution in [3.8, 4) is 11.6 Å². The number of furan rings is 1. The Hall–Kier alpha value is -3.15. The van der Waals surface area contributed by atoms with E-state index in [1.807, 2.05) is 0 Å². The van der Waals surface area contributed by atoms with Crippen LogP contribution in [-0.4, -0.2) is 10.9 Å². The molecule has 5 nitrogen and oxygen atoms in total. The van der Waals surface area contributed by atoms with Crippen molar-refractivity contribution in [3.63, 3.8) is 0 Å². The lowest BCUT2D eigenvalue weighted by Crippen LogP contribution is -2.10. The highest BCUT2D eigenvalue weighted by atomic mass is 19.1. The minimum atomic E-state index is -0.336. The number of ether oxygens (including phenoxy) is 1. The number of benzene rings is 1. The maximum atomic E-state index is 12.8. The summed E-state index contributed by atoms with van der Waals surface area (Å²) in [4.78, 5) is 15.9. The molecule has 2 aromatic heterocycles. The number of carbonyl (C=O) groups is 1. The first kappa shape index (κ1) is 13.8. The summed E-state index contributed by atoms with van der Waals surface area (Å²) in [6.45, 7) is 0. The molecule has 0 saturated carbocycles. The molecule has 0 saturated heterocycles. The lowest BCUT2D eigenvalue weighted by atomic mass is 10.3. The Morgan fingerprint density at radius 3 is 2.59 bits per heavy atom. The zero-order valence-corrected chi connectivity index (χ0v) is 11.3. The van der Waals surface area contributed by atoms with Crippen molar-refractivity contribution in [2.24, 2.45) is 0 Å². The predicted octanol–water partition coefficient (Wildman–Crippen LogP) is 3.86. The number of amides is 1. The number of pyridine rings is 1. The molecule has 0 aliphatic carbocycles. The van der Waals surface area contributed by atoms with Gasteiger partial charge in [-0.25, -0.2) is 9.37 Å². The fourth-order valence-corrected chi connectivity index (χ4v) is 1.73. The highest BCUT2D eigenvalue weighted by Crippen LogP contribution is 2.20. The Bertz CT molecular complexity index is 753. The van der Waals surface area contributed by atoms with Crippen molar-refractivity contribution in [1.29, 1.82) is 0 Å². The number of hydrogen-bond acceptors (Lipinski definition) is 4. The van der Waals surface area contributed by atoms with Crippen LogP contribution < -0.4 is 10.1 Å². The number of carbonyl (C=O) groups excluding carboxylic acids is 1. The van der Waals surface area contributed by atoms with Gasteiger partial charge < -0.3 is 14.5 Å².